The van der Waals surface area contributed by atoms with Crippen LogP contribution < -0.4 is 5.32 Å². The number of hydrogen-bond acceptors (Lipinski definition) is 3. The van der Waals surface area contributed by atoms with Gasteiger partial charge in [0.25, 0.3) is 0 Å². The number of amides is 1. The minimum Gasteiger partial charge on any atom is -0.394 e. The number of unbranched alkanes of at least 4 members (excludes halogenated alkanes) is 42. The van der Waals surface area contributed by atoms with E-state index in [-0.39, 0.29) is 12.5 Å². The lowest BCUT2D eigenvalue weighted by atomic mass is 10.0. The van der Waals surface area contributed by atoms with Gasteiger partial charge in [-0.05, 0) is 44.9 Å². The summed E-state index contributed by atoms with van der Waals surface area (Å²) < 4.78 is 0. The first kappa shape index (κ1) is 58.9. The van der Waals surface area contributed by atoms with E-state index in [1.54, 1.807) is 6.08 Å². The van der Waals surface area contributed by atoms with E-state index in [0.717, 1.165) is 25.7 Å². The molecule has 0 aromatic heterocycles. The first-order chi connectivity index (χ1) is 29.7. The van der Waals surface area contributed by atoms with Crippen LogP contribution >= 0.6 is 0 Å². The van der Waals surface area contributed by atoms with Gasteiger partial charge in [-0.3, -0.25) is 4.79 Å². The van der Waals surface area contributed by atoms with Crippen LogP contribution in [0.3, 0.4) is 0 Å². The van der Waals surface area contributed by atoms with Crippen molar-refractivity contribution in [2.45, 2.75) is 321 Å². The second-order valence-corrected chi connectivity index (χ2v) is 19.0. The van der Waals surface area contributed by atoms with Crippen LogP contribution in [0.4, 0.5) is 0 Å². The SMILES string of the molecule is CCCCCCCCCC/C=C\CCCCCCCCCCCCCCCCCC(=O)NC(CO)C(O)/C=C/CCCCCCCCCCCCCCCCCCCCC. The zero-order valence-corrected chi connectivity index (χ0v) is 41.0. The highest BCUT2D eigenvalue weighted by atomic mass is 16.3. The fourth-order valence-corrected chi connectivity index (χ4v) is 8.71. The molecule has 0 rings (SSSR count). The molecule has 3 N–H and O–H groups in total. The van der Waals surface area contributed by atoms with E-state index in [1.807, 2.05) is 6.08 Å². The molecule has 4 nitrogen and oxygen atoms in total. The molecular formula is C56H109NO3. The number of allylic oxidation sites excluding steroid dienone is 3. The van der Waals surface area contributed by atoms with E-state index in [0.29, 0.717) is 6.42 Å². The van der Waals surface area contributed by atoms with Crippen molar-refractivity contribution in [3.05, 3.63) is 24.3 Å². The van der Waals surface area contributed by atoms with Crippen molar-refractivity contribution in [1.29, 1.82) is 0 Å². The molecule has 0 saturated carbocycles. The molecule has 0 heterocycles. The number of aliphatic hydroxyl groups excluding tert-OH is 2. The smallest absolute Gasteiger partial charge is 0.220 e. The molecule has 0 aliphatic heterocycles. The summed E-state index contributed by atoms with van der Waals surface area (Å²) in [6.07, 6.45) is 69.0. The standard InChI is InChI=1S/C56H109NO3/c1-3-5-7-9-11-13-15-17-19-21-23-25-26-27-28-29-30-32-34-36-38-40-42-44-46-48-50-52-56(60)57-54(53-58)55(59)51-49-47-45-43-41-39-37-35-33-31-24-22-20-18-16-14-12-10-8-6-4-2/h21,23,49,51,54-55,58-59H,3-20,22,24-48,50,52-53H2,1-2H3,(H,57,60)/b23-21-,51-49+. The summed E-state index contributed by atoms with van der Waals surface area (Å²) >= 11 is 0. The van der Waals surface area contributed by atoms with Gasteiger partial charge < -0.3 is 15.5 Å². The van der Waals surface area contributed by atoms with Gasteiger partial charge in [0.1, 0.15) is 0 Å². The summed E-state index contributed by atoms with van der Waals surface area (Å²) in [7, 11) is 0. The highest BCUT2D eigenvalue weighted by Gasteiger charge is 2.18. The molecular weight excluding hydrogens is 735 g/mol. The molecule has 0 aromatic carbocycles. The summed E-state index contributed by atoms with van der Waals surface area (Å²) in [6, 6.07) is -0.620. The van der Waals surface area contributed by atoms with Gasteiger partial charge in [-0.15, -0.1) is 0 Å². The van der Waals surface area contributed by atoms with Crippen LogP contribution in [0, 0.1) is 0 Å². The largest absolute Gasteiger partial charge is 0.394 e. The first-order valence-corrected chi connectivity index (χ1v) is 27.6. The van der Waals surface area contributed by atoms with Gasteiger partial charge in [0.2, 0.25) is 5.91 Å². The maximum atomic E-state index is 12.5. The molecule has 1 amide bonds. The highest BCUT2D eigenvalue weighted by Crippen LogP contribution is 2.17. The van der Waals surface area contributed by atoms with Crippen molar-refractivity contribution in [3.8, 4) is 0 Å². The molecule has 0 saturated heterocycles. The van der Waals surface area contributed by atoms with Crippen molar-refractivity contribution in [2.24, 2.45) is 0 Å². The van der Waals surface area contributed by atoms with Crippen LogP contribution in [0.15, 0.2) is 24.3 Å². The fraction of sp³-hybridized carbons (Fsp3) is 0.911. The Morgan fingerprint density at radius 3 is 0.917 bits per heavy atom. The maximum Gasteiger partial charge on any atom is 0.220 e. The molecule has 0 aliphatic rings. The molecule has 356 valence electrons. The molecule has 0 aromatic rings. The van der Waals surface area contributed by atoms with Gasteiger partial charge >= 0.3 is 0 Å². The summed E-state index contributed by atoms with van der Waals surface area (Å²) in [4.78, 5) is 12.5. The van der Waals surface area contributed by atoms with E-state index in [1.165, 1.54) is 263 Å². The van der Waals surface area contributed by atoms with Crippen LogP contribution in [0.2, 0.25) is 0 Å². The van der Waals surface area contributed by atoms with Gasteiger partial charge in [0, 0.05) is 6.42 Å². The van der Waals surface area contributed by atoms with Gasteiger partial charge in [-0.25, -0.2) is 0 Å². The average Bonchev–Trinajstić information content (AvgIpc) is 3.25. The Kier molecular flexibility index (Phi) is 51.2. The zero-order chi connectivity index (χ0) is 43.5. The third-order valence-electron chi connectivity index (χ3n) is 12.9. The topological polar surface area (TPSA) is 69.6 Å². The quantitative estimate of drug-likeness (QED) is 0.0422. The molecule has 0 radical (unpaired) electrons. The van der Waals surface area contributed by atoms with Crippen LogP contribution in [-0.4, -0.2) is 34.9 Å². The normalized spacial score (nSPS) is 12.9. The second-order valence-electron chi connectivity index (χ2n) is 19.0. The summed E-state index contributed by atoms with van der Waals surface area (Å²) in [5.41, 5.74) is 0. The van der Waals surface area contributed by atoms with Crippen LogP contribution in [-0.2, 0) is 4.79 Å². The monoisotopic (exact) mass is 844 g/mol. The highest BCUT2D eigenvalue weighted by molar-refractivity contribution is 5.76. The number of aliphatic hydroxyl groups is 2. The maximum absolute atomic E-state index is 12.5. The lowest BCUT2D eigenvalue weighted by molar-refractivity contribution is -0.123. The van der Waals surface area contributed by atoms with E-state index < -0.39 is 12.1 Å². The molecule has 2 unspecified atom stereocenters. The van der Waals surface area contributed by atoms with Crippen LogP contribution in [0.1, 0.15) is 309 Å². The first-order valence-electron chi connectivity index (χ1n) is 27.6. The van der Waals surface area contributed by atoms with Crippen LogP contribution in [0.5, 0.6) is 0 Å². The molecule has 0 aliphatic carbocycles. The molecule has 4 heteroatoms. The Bertz CT molecular complexity index is 871. The number of hydrogen-bond donors (Lipinski definition) is 3. The zero-order valence-electron chi connectivity index (χ0n) is 41.0. The van der Waals surface area contributed by atoms with Gasteiger partial charge in [0.15, 0.2) is 0 Å². The lowest BCUT2D eigenvalue weighted by Gasteiger charge is -2.20. The predicted octanol–water partition coefficient (Wildman–Crippen LogP) is 17.9. The van der Waals surface area contributed by atoms with E-state index in [2.05, 4.69) is 31.3 Å². The molecule has 0 spiro atoms. The minimum absolute atomic E-state index is 0.0583. The Labute approximate surface area is 377 Å². The van der Waals surface area contributed by atoms with Crippen LogP contribution in [0.25, 0.3) is 0 Å². The number of rotatable bonds is 51. The Hall–Kier alpha value is -1.13. The molecule has 0 fully saturated rings. The lowest BCUT2D eigenvalue weighted by Crippen LogP contribution is -2.45. The molecule has 60 heavy (non-hydrogen) atoms. The Morgan fingerprint density at radius 2 is 0.633 bits per heavy atom. The van der Waals surface area contributed by atoms with Crippen molar-refractivity contribution < 1.29 is 15.0 Å². The fourth-order valence-electron chi connectivity index (χ4n) is 8.71. The predicted molar refractivity (Wildman–Crippen MR) is 267 cm³/mol. The number of nitrogens with one attached hydrogen (secondary N) is 1. The summed E-state index contributed by atoms with van der Waals surface area (Å²) in [5, 5.41) is 23.2. The minimum atomic E-state index is -0.837. The number of carbonyl (C=O) groups excluding carboxylic acids is 1. The van der Waals surface area contributed by atoms with Gasteiger partial charge in [0.05, 0.1) is 18.8 Å². The van der Waals surface area contributed by atoms with E-state index in [4.69, 9.17) is 0 Å². The number of carbonyl (C=O) groups is 1. The third-order valence-corrected chi connectivity index (χ3v) is 12.9. The van der Waals surface area contributed by atoms with Gasteiger partial charge in [-0.1, -0.05) is 282 Å². The Balaban J connectivity index is 3.47. The molecule has 2 atom stereocenters. The van der Waals surface area contributed by atoms with E-state index >= 15 is 0 Å². The summed E-state index contributed by atoms with van der Waals surface area (Å²) in [6.45, 7) is 4.34. The van der Waals surface area contributed by atoms with E-state index in [9.17, 15) is 15.0 Å². The van der Waals surface area contributed by atoms with Crippen molar-refractivity contribution in [2.75, 3.05) is 6.61 Å². The van der Waals surface area contributed by atoms with Crippen molar-refractivity contribution >= 4 is 5.91 Å². The van der Waals surface area contributed by atoms with Crippen molar-refractivity contribution in [1.82, 2.24) is 5.32 Å². The van der Waals surface area contributed by atoms with Crippen molar-refractivity contribution in [3.63, 3.8) is 0 Å². The van der Waals surface area contributed by atoms with Gasteiger partial charge in [-0.2, -0.15) is 0 Å². The second kappa shape index (κ2) is 52.2. The summed E-state index contributed by atoms with van der Waals surface area (Å²) in [5.74, 6) is -0.0583. The Morgan fingerprint density at radius 1 is 0.383 bits per heavy atom. The average molecular weight is 844 g/mol. The molecule has 0 bridgehead atoms. The third kappa shape index (κ3) is 47.9.